The third-order valence-electron chi connectivity index (χ3n) is 4.00. The number of aliphatic carboxylic acids is 1. The molecule has 0 bridgehead atoms. The van der Waals surface area contributed by atoms with Crippen molar-refractivity contribution in [3.8, 4) is 5.75 Å². The summed E-state index contributed by atoms with van der Waals surface area (Å²) in [6.45, 7) is 1.90. The van der Waals surface area contributed by atoms with E-state index in [0.717, 1.165) is 49.2 Å². The Kier molecular flexibility index (Phi) is 4.08. The topological polar surface area (TPSA) is 59.4 Å². The van der Waals surface area contributed by atoms with E-state index in [-0.39, 0.29) is 0 Å². The molecule has 0 atom stereocenters. The number of carbonyl (C=O) groups is 1. The summed E-state index contributed by atoms with van der Waals surface area (Å²) < 4.78 is 5.23. The predicted molar refractivity (Wildman–Crippen MR) is 72.4 cm³/mol. The minimum Gasteiger partial charge on any atom is -0.497 e. The second kappa shape index (κ2) is 5.59. The maximum atomic E-state index is 11.7. The van der Waals surface area contributed by atoms with Crippen LogP contribution in [-0.2, 0) is 11.2 Å². The van der Waals surface area contributed by atoms with Crippen LogP contribution in [0.3, 0.4) is 0 Å². The fourth-order valence-corrected chi connectivity index (χ4v) is 2.95. The smallest absolute Gasteiger partial charge is 0.310 e. The summed E-state index contributed by atoms with van der Waals surface area (Å²) >= 11 is 0. The molecule has 104 valence electrons. The Morgan fingerprint density at radius 1 is 1.37 bits per heavy atom. The zero-order valence-electron chi connectivity index (χ0n) is 11.6. The van der Waals surface area contributed by atoms with Crippen LogP contribution in [0.2, 0.25) is 0 Å². The van der Waals surface area contributed by atoms with Crippen LogP contribution in [0.5, 0.6) is 5.75 Å². The first-order valence-corrected chi connectivity index (χ1v) is 6.81. The van der Waals surface area contributed by atoms with Crippen molar-refractivity contribution in [2.24, 2.45) is 5.41 Å². The molecule has 1 aliphatic carbocycles. The van der Waals surface area contributed by atoms with Gasteiger partial charge < -0.3 is 9.84 Å². The van der Waals surface area contributed by atoms with Crippen molar-refractivity contribution in [2.45, 2.75) is 45.4 Å². The standard InChI is InChI=1S/C15H21NO3/c1-11-8-13(19-2)9-12(16-11)10-15(14(17)18)6-4-3-5-7-15/h8-9H,3-7,10H2,1-2H3,(H,17,18). The summed E-state index contributed by atoms with van der Waals surface area (Å²) in [5.74, 6) is 0.0633. The van der Waals surface area contributed by atoms with Gasteiger partial charge >= 0.3 is 5.97 Å². The molecule has 1 N–H and O–H groups in total. The molecule has 1 fully saturated rings. The fourth-order valence-electron chi connectivity index (χ4n) is 2.95. The largest absolute Gasteiger partial charge is 0.497 e. The van der Waals surface area contributed by atoms with Crippen molar-refractivity contribution in [3.05, 3.63) is 23.5 Å². The molecule has 19 heavy (non-hydrogen) atoms. The van der Waals surface area contributed by atoms with E-state index in [9.17, 15) is 9.90 Å². The molecule has 1 saturated carbocycles. The van der Waals surface area contributed by atoms with E-state index >= 15 is 0 Å². The first-order chi connectivity index (χ1) is 9.05. The molecule has 1 aromatic heterocycles. The van der Waals surface area contributed by atoms with Gasteiger partial charge in [-0.05, 0) is 19.8 Å². The number of hydrogen-bond acceptors (Lipinski definition) is 3. The highest BCUT2D eigenvalue weighted by molar-refractivity contribution is 5.75. The molecule has 2 rings (SSSR count). The quantitative estimate of drug-likeness (QED) is 0.907. The van der Waals surface area contributed by atoms with Crippen molar-refractivity contribution in [3.63, 3.8) is 0 Å². The van der Waals surface area contributed by atoms with Gasteiger partial charge in [0.1, 0.15) is 5.75 Å². The molecule has 0 amide bonds. The zero-order chi connectivity index (χ0) is 13.9. The Bertz CT molecular complexity index is 464. The van der Waals surface area contributed by atoms with E-state index in [1.54, 1.807) is 7.11 Å². The molecule has 1 heterocycles. The van der Waals surface area contributed by atoms with Gasteiger partial charge in [0, 0.05) is 29.9 Å². The molecule has 1 aromatic rings. The summed E-state index contributed by atoms with van der Waals surface area (Å²) in [6, 6.07) is 3.71. The first kappa shape index (κ1) is 13.8. The second-order valence-corrected chi connectivity index (χ2v) is 5.46. The van der Waals surface area contributed by atoms with Gasteiger partial charge in [-0.2, -0.15) is 0 Å². The Hall–Kier alpha value is -1.58. The number of carboxylic acids is 1. The summed E-state index contributed by atoms with van der Waals surface area (Å²) in [7, 11) is 1.62. The first-order valence-electron chi connectivity index (χ1n) is 6.81. The minimum atomic E-state index is -0.686. The van der Waals surface area contributed by atoms with E-state index in [2.05, 4.69) is 4.98 Å². The van der Waals surface area contributed by atoms with Crippen molar-refractivity contribution < 1.29 is 14.6 Å². The van der Waals surface area contributed by atoms with Gasteiger partial charge in [0.15, 0.2) is 0 Å². The number of methoxy groups -OCH3 is 1. The number of ether oxygens (including phenoxy) is 1. The highest BCUT2D eigenvalue weighted by Gasteiger charge is 2.40. The zero-order valence-corrected chi connectivity index (χ0v) is 11.6. The van der Waals surface area contributed by atoms with Crippen molar-refractivity contribution in [1.82, 2.24) is 4.98 Å². The molecule has 0 spiro atoms. The average Bonchev–Trinajstić information content (AvgIpc) is 2.38. The number of rotatable bonds is 4. The van der Waals surface area contributed by atoms with Crippen LogP contribution >= 0.6 is 0 Å². The lowest BCUT2D eigenvalue weighted by atomic mass is 9.71. The van der Waals surface area contributed by atoms with Gasteiger partial charge in [-0.15, -0.1) is 0 Å². The lowest BCUT2D eigenvalue weighted by Gasteiger charge is -2.33. The third-order valence-corrected chi connectivity index (χ3v) is 4.00. The normalized spacial score (nSPS) is 18.0. The van der Waals surface area contributed by atoms with Crippen LogP contribution in [0.1, 0.15) is 43.5 Å². The summed E-state index contributed by atoms with van der Waals surface area (Å²) in [5, 5.41) is 9.59. The maximum Gasteiger partial charge on any atom is 0.310 e. The van der Waals surface area contributed by atoms with Crippen LogP contribution < -0.4 is 4.74 Å². The molecule has 0 unspecified atom stereocenters. The molecular formula is C15H21NO3. The number of nitrogens with zero attached hydrogens (tertiary/aromatic N) is 1. The van der Waals surface area contributed by atoms with E-state index < -0.39 is 11.4 Å². The molecule has 4 heteroatoms. The Balaban J connectivity index is 2.26. The van der Waals surface area contributed by atoms with Gasteiger partial charge in [0.05, 0.1) is 12.5 Å². The molecule has 0 saturated heterocycles. The third kappa shape index (κ3) is 3.06. The Morgan fingerprint density at radius 3 is 2.63 bits per heavy atom. The number of aryl methyl sites for hydroxylation is 1. The number of aromatic nitrogens is 1. The minimum absolute atomic E-state index is 0.500. The van der Waals surface area contributed by atoms with Crippen LogP contribution in [0.25, 0.3) is 0 Å². The highest BCUT2D eigenvalue weighted by Crippen LogP contribution is 2.39. The highest BCUT2D eigenvalue weighted by atomic mass is 16.5. The van der Waals surface area contributed by atoms with Crippen LogP contribution in [0.15, 0.2) is 12.1 Å². The van der Waals surface area contributed by atoms with Crippen molar-refractivity contribution in [2.75, 3.05) is 7.11 Å². The molecule has 0 aliphatic heterocycles. The summed E-state index contributed by atoms with van der Waals surface area (Å²) in [4.78, 5) is 16.1. The van der Waals surface area contributed by atoms with Crippen LogP contribution in [0, 0.1) is 12.3 Å². The van der Waals surface area contributed by atoms with Gasteiger partial charge in [-0.1, -0.05) is 19.3 Å². The van der Waals surface area contributed by atoms with Crippen molar-refractivity contribution >= 4 is 5.97 Å². The SMILES string of the molecule is COc1cc(C)nc(CC2(C(=O)O)CCCCC2)c1. The molecule has 4 nitrogen and oxygen atoms in total. The van der Waals surface area contributed by atoms with Gasteiger partial charge in [-0.25, -0.2) is 0 Å². The van der Waals surface area contributed by atoms with Crippen LogP contribution in [0.4, 0.5) is 0 Å². The number of carboxylic acid groups (broad SMARTS) is 1. The molecular weight excluding hydrogens is 242 g/mol. The number of hydrogen-bond donors (Lipinski definition) is 1. The number of pyridine rings is 1. The van der Waals surface area contributed by atoms with E-state index in [0.29, 0.717) is 6.42 Å². The van der Waals surface area contributed by atoms with E-state index in [1.165, 1.54) is 0 Å². The molecule has 0 aromatic carbocycles. The average molecular weight is 263 g/mol. The lowest BCUT2D eigenvalue weighted by Crippen LogP contribution is -2.35. The van der Waals surface area contributed by atoms with Crippen molar-refractivity contribution in [1.29, 1.82) is 0 Å². The van der Waals surface area contributed by atoms with Gasteiger partial charge in [0.2, 0.25) is 0 Å². The molecule has 0 radical (unpaired) electrons. The Morgan fingerprint density at radius 2 is 2.05 bits per heavy atom. The monoisotopic (exact) mass is 263 g/mol. The Labute approximate surface area is 113 Å². The maximum absolute atomic E-state index is 11.7. The van der Waals surface area contributed by atoms with Crippen LogP contribution in [-0.4, -0.2) is 23.2 Å². The van der Waals surface area contributed by atoms with E-state index in [4.69, 9.17) is 4.74 Å². The lowest BCUT2D eigenvalue weighted by molar-refractivity contribution is -0.151. The van der Waals surface area contributed by atoms with Gasteiger partial charge in [-0.3, -0.25) is 9.78 Å². The summed E-state index contributed by atoms with van der Waals surface area (Å²) in [6.07, 6.45) is 5.13. The summed E-state index contributed by atoms with van der Waals surface area (Å²) in [5.41, 5.74) is 1.05. The second-order valence-electron chi connectivity index (χ2n) is 5.46. The van der Waals surface area contributed by atoms with Gasteiger partial charge in [0.25, 0.3) is 0 Å². The van der Waals surface area contributed by atoms with E-state index in [1.807, 2.05) is 19.1 Å². The fraction of sp³-hybridized carbons (Fsp3) is 0.600. The molecule has 1 aliphatic rings. The predicted octanol–water partition coefficient (Wildman–Crippen LogP) is 2.98.